The fourth-order valence-corrected chi connectivity index (χ4v) is 5.58. The van der Waals surface area contributed by atoms with E-state index in [2.05, 4.69) is 9.97 Å². The van der Waals surface area contributed by atoms with Crippen molar-refractivity contribution in [3.8, 4) is 0 Å². The van der Waals surface area contributed by atoms with Crippen LogP contribution in [0, 0.1) is 19.8 Å². The molecule has 2 heterocycles. The van der Waals surface area contributed by atoms with Crippen molar-refractivity contribution in [1.29, 1.82) is 0 Å². The number of H-pyrrole nitrogens is 1. The molecule has 1 aromatic carbocycles. The largest absolute Gasteiger partial charge is 0.385 e. The Bertz CT molecular complexity index is 945. The van der Waals surface area contributed by atoms with Gasteiger partial charge in [-0.2, -0.15) is 4.98 Å². The number of aliphatic hydroxyl groups is 1. The summed E-state index contributed by atoms with van der Waals surface area (Å²) in [6.07, 6.45) is 5.62. The van der Waals surface area contributed by atoms with E-state index in [-0.39, 0.29) is 23.6 Å². The molecule has 3 atom stereocenters. The van der Waals surface area contributed by atoms with Gasteiger partial charge in [0.2, 0.25) is 5.91 Å². The highest BCUT2D eigenvalue weighted by Gasteiger charge is 2.50. The number of rotatable bonds is 4. The number of hydrogen-bond acceptors (Lipinski definition) is 4. The maximum atomic E-state index is 13.2. The molecule has 1 saturated heterocycles. The molecule has 30 heavy (non-hydrogen) atoms. The van der Waals surface area contributed by atoms with E-state index < -0.39 is 5.60 Å². The van der Waals surface area contributed by atoms with Crippen molar-refractivity contribution in [2.75, 3.05) is 6.54 Å². The molecular formula is C24H31N3O3. The summed E-state index contributed by atoms with van der Waals surface area (Å²) >= 11 is 0. The minimum absolute atomic E-state index is 0.0737. The van der Waals surface area contributed by atoms with Crippen molar-refractivity contribution in [3.63, 3.8) is 0 Å². The van der Waals surface area contributed by atoms with Crippen LogP contribution in [0.1, 0.15) is 61.0 Å². The lowest BCUT2D eigenvalue weighted by Gasteiger charge is -2.52. The van der Waals surface area contributed by atoms with E-state index in [1.165, 1.54) is 0 Å². The number of nitrogens with zero attached hydrogens (tertiary/aromatic N) is 2. The highest BCUT2D eigenvalue weighted by Crippen LogP contribution is 2.47. The lowest BCUT2D eigenvalue weighted by atomic mass is 9.66. The van der Waals surface area contributed by atoms with Crippen molar-refractivity contribution >= 4 is 5.91 Å². The molecule has 1 aromatic heterocycles. The Kier molecular flexibility index (Phi) is 5.78. The maximum Gasteiger partial charge on any atom is 0.345 e. The fourth-order valence-electron chi connectivity index (χ4n) is 5.58. The van der Waals surface area contributed by atoms with E-state index in [0.717, 1.165) is 42.5 Å². The van der Waals surface area contributed by atoms with Gasteiger partial charge in [-0.15, -0.1) is 0 Å². The number of benzene rings is 1. The highest BCUT2D eigenvalue weighted by molar-refractivity contribution is 5.77. The molecule has 2 fully saturated rings. The SMILES string of the molecule is Cc1nc(=O)[nH]c(C)c1CCC(=O)N1CC[C@@](O)(c2ccccc2)[C@H]2CCCC[C@H]21. The second kappa shape index (κ2) is 8.34. The first-order valence-corrected chi connectivity index (χ1v) is 11.0. The number of hydrogen-bond donors (Lipinski definition) is 2. The number of carbonyl (C=O) groups excluding carboxylic acids is 1. The molecule has 0 spiro atoms. The summed E-state index contributed by atoms with van der Waals surface area (Å²) in [7, 11) is 0. The Balaban J connectivity index is 1.52. The first-order chi connectivity index (χ1) is 14.4. The molecular weight excluding hydrogens is 378 g/mol. The van der Waals surface area contributed by atoms with Gasteiger partial charge in [0.15, 0.2) is 0 Å². The summed E-state index contributed by atoms with van der Waals surface area (Å²) in [6, 6.07) is 10.0. The molecule has 160 valence electrons. The number of nitrogens with one attached hydrogen (secondary N) is 1. The maximum absolute atomic E-state index is 13.2. The van der Waals surface area contributed by atoms with Crippen molar-refractivity contribution in [3.05, 3.63) is 63.3 Å². The molecule has 2 aliphatic rings. The monoisotopic (exact) mass is 409 g/mol. The van der Waals surface area contributed by atoms with E-state index in [4.69, 9.17) is 0 Å². The van der Waals surface area contributed by atoms with Crippen LogP contribution in [0.15, 0.2) is 35.1 Å². The van der Waals surface area contributed by atoms with Crippen LogP contribution in [0.5, 0.6) is 0 Å². The number of aryl methyl sites for hydroxylation is 2. The first kappa shape index (κ1) is 20.8. The Morgan fingerprint density at radius 3 is 2.70 bits per heavy atom. The van der Waals surface area contributed by atoms with Crippen LogP contribution in [0.4, 0.5) is 0 Å². The number of carbonyl (C=O) groups is 1. The van der Waals surface area contributed by atoms with Gasteiger partial charge in [0.25, 0.3) is 0 Å². The van der Waals surface area contributed by atoms with Crippen molar-refractivity contribution in [2.45, 2.75) is 70.4 Å². The molecule has 2 N–H and O–H groups in total. The summed E-state index contributed by atoms with van der Waals surface area (Å²) < 4.78 is 0. The van der Waals surface area contributed by atoms with Crippen LogP contribution in [0.25, 0.3) is 0 Å². The minimum atomic E-state index is -0.862. The van der Waals surface area contributed by atoms with E-state index >= 15 is 0 Å². The number of aromatic nitrogens is 2. The standard InChI is InChI=1S/C24H31N3O3/c1-16-19(17(2)26-23(29)25-16)12-13-22(28)27-15-14-24(30,18-8-4-3-5-9-18)20-10-6-7-11-21(20)27/h3-5,8-9,20-21,30H,6-7,10-15H2,1-2H3,(H,25,26,29)/t20-,21+,24+/m0/s1. The second-order valence-electron chi connectivity index (χ2n) is 8.82. The van der Waals surface area contributed by atoms with Gasteiger partial charge < -0.3 is 15.0 Å². The quantitative estimate of drug-likeness (QED) is 0.813. The lowest BCUT2D eigenvalue weighted by molar-refractivity contribution is -0.154. The molecule has 4 rings (SSSR count). The summed E-state index contributed by atoms with van der Waals surface area (Å²) in [6.45, 7) is 4.25. The molecule has 6 heteroatoms. The van der Waals surface area contributed by atoms with Gasteiger partial charge in [-0.05, 0) is 50.7 Å². The van der Waals surface area contributed by atoms with Gasteiger partial charge in [-0.25, -0.2) is 4.79 Å². The summed E-state index contributed by atoms with van der Waals surface area (Å²) in [5, 5.41) is 11.7. The second-order valence-corrected chi connectivity index (χ2v) is 8.82. The highest BCUT2D eigenvalue weighted by atomic mass is 16.3. The molecule has 0 radical (unpaired) electrons. The van der Waals surface area contributed by atoms with Gasteiger partial charge in [-0.3, -0.25) is 4.79 Å². The smallest absolute Gasteiger partial charge is 0.345 e. The Labute approximate surface area is 177 Å². The normalized spacial score (nSPS) is 26.3. The molecule has 6 nitrogen and oxygen atoms in total. The van der Waals surface area contributed by atoms with Gasteiger partial charge >= 0.3 is 5.69 Å². The number of aromatic amines is 1. The topological polar surface area (TPSA) is 86.3 Å². The summed E-state index contributed by atoms with van der Waals surface area (Å²) in [4.78, 5) is 33.5. The zero-order valence-electron chi connectivity index (χ0n) is 17.9. The van der Waals surface area contributed by atoms with Crippen molar-refractivity contribution < 1.29 is 9.90 Å². The van der Waals surface area contributed by atoms with Gasteiger partial charge in [0.05, 0.1) is 5.60 Å². The minimum Gasteiger partial charge on any atom is -0.385 e. The Morgan fingerprint density at radius 1 is 1.23 bits per heavy atom. The zero-order valence-corrected chi connectivity index (χ0v) is 17.9. The number of fused-ring (bicyclic) bond motifs is 1. The third-order valence-corrected chi connectivity index (χ3v) is 7.11. The summed E-state index contributed by atoms with van der Waals surface area (Å²) in [5.74, 6) is 0.205. The average molecular weight is 410 g/mol. The van der Waals surface area contributed by atoms with Gasteiger partial charge in [0, 0.05) is 36.3 Å². The molecule has 2 aromatic rings. The first-order valence-electron chi connectivity index (χ1n) is 11.0. The van der Waals surface area contributed by atoms with E-state index in [0.29, 0.717) is 31.5 Å². The van der Waals surface area contributed by atoms with E-state index in [1.54, 1.807) is 0 Å². The zero-order chi connectivity index (χ0) is 21.3. The fraction of sp³-hybridized carbons (Fsp3) is 0.542. The molecule has 1 saturated carbocycles. The van der Waals surface area contributed by atoms with Gasteiger partial charge in [0.1, 0.15) is 0 Å². The number of piperidine rings is 1. The molecule has 1 amide bonds. The number of likely N-dealkylation sites (tertiary alicyclic amines) is 1. The van der Waals surface area contributed by atoms with Crippen molar-refractivity contribution in [2.24, 2.45) is 5.92 Å². The van der Waals surface area contributed by atoms with Crippen LogP contribution in [0.2, 0.25) is 0 Å². The van der Waals surface area contributed by atoms with Crippen LogP contribution < -0.4 is 5.69 Å². The van der Waals surface area contributed by atoms with Crippen LogP contribution >= 0.6 is 0 Å². The van der Waals surface area contributed by atoms with Crippen LogP contribution in [-0.2, 0) is 16.8 Å². The third kappa shape index (κ3) is 3.81. The lowest BCUT2D eigenvalue weighted by Crippen LogP contribution is -2.59. The van der Waals surface area contributed by atoms with E-state index in [9.17, 15) is 14.7 Å². The van der Waals surface area contributed by atoms with Crippen molar-refractivity contribution in [1.82, 2.24) is 14.9 Å². The number of amides is 1. The molecule has 0 unspecified atom stereocenters. The van der Waals surface area contributed by atoms with Crippen LogP contribution in [-0.4, -0.2) is 38.5 Å². The average Bonchev–Trinajstić information content (AvgIpc) is 2.74. The molecule has 0 bridgehead atoms. The predicted molar refractivity (Wildman–Crippen MR) is 115 cm³/mol. The van der Waals surface area contributed by atoms with E-state index in [1.807, 2.05) is 49.1 Å². The Hall–Kier alpha value is -2.47. The molecule has 1 aliphatic heterocycles. The molecule has 1 aliphatic carbocycles. The summed E-state index contributed by atoms with van der Waals surface area (Å²) in [5.41, 5.74) is 2.19. The predicted octanol–water partition coefficient (Wildman–Crippen LogP) is 3.00. The Morgan fingerprint density at radius 2 is 1.97 bits per heavy atom. The van der Waals surface area contributed by atoms with Crippen LogP contribution in [0.3, 0.4) is 0 Å². The third-order valence-electron chi connectivity index (χ3n) is 7.11. The van der Waals surface area contributed by atoms with Gasteiger partial charge in [-0.1, -0.05) is 43.2 Å².